The largest absolute Gasteiger partial charge is 0.484 e. The molecule has 0 bridgehead atoms. The quantitative estimate of drug-likeness (QED) is 0.619. The van der Waals surface area contributed by atoms with Crippen LogP contribution in [-0.4, -0.2) is 18.4 Å². The van der Waals surface area contributed by atoms with Crippen molar-refractivity contribution in [1.29, 1.82) is 0 Å². The van der Waals surface area contributed by atoms with E-state index < -0.39 is 0 Å². The Hall–Kier alpha value is -2.13. The van der Waals surface area contributed by atoms with E-state index in [2.05, 4.69) is 29.6 Å². The normalized spacial score (nSPS) is 23.2. The predicted octanol–water partition coefficient (Wildman–Crippen LogP) is 4.86. The fraction of sp³-hybridized carbons (Fsp3) is 0.435. The molecule has 2 atom stereocenters. The molecule has 0 amide bonds. The van der Waals surface area contributed by atoms with Crippen molar-refractivity contribution in [3.8, 4) is 5.75 Å². The van der Waals surface area contributed by atoms with E-state index >= 15 is 0 Å². The number of ether oxygens (including phenoxy) is 1. The number of hydrogen-bond donors (Lipinski definition) is 1. The summed E-state index contributed by atoms with van der Waals surface area (Å²) < 4.78 is 6.41. The average Bonchev–Trinajstić information content (AvgIpc) is 2.84. The minimum absolute atomic E-state index is 0.0246. The van der Waals surface area contributed by atoms with Gasteiger partial charge in [0.15, 0.2) is 0 Å². The summed E-state index contributed by atoms with van der Waals surface area (Å²) in [4.78, 5) is 10.9. The van der Waals surface area contributed by atoms with E-state index in [4.69, 9.17) is 4.74 Å². The molecular weight excluding hydrogens is 322 g/mol. The molecule has 2 aromatic carbocycles. The van der Waals surface area contributed by atoms with Crippen LogP contribution in [0.1, 0.15) is 66.1 Å². The zero-order valence-corrected chi connectivity index (χ0v) is 15.2. The fourth-order valence-corrected chi connectivity index (χ4v) is 4.37. The van der Waals surface area contributed by atoms with Crippen molar-refractivity contribution in [1.82, 2.24) is 5.32 Å². The van der Waals surface area contributed by atoms with E-state index in [1.54, 1.807) is 0 Å². The van der Waals surface area contributed by atoms with E-state index in [0.29, 0.717) is 17.6 Å². The topological polar surface area (TPSA) is 38.3 Å². The van der Waals surface area contributed by atoms with E-state index in [0.717, 1.165) is 18.5 Å². The number of carbonyl (C=O) groups excluding carboxylic acids is 1. The van der Waals surface area contributed by atoms with Crippen LogP contribution in [0.4, 0.5) is 0 Å². The predicted molar refractivity (Wildman–Crippen MR) is 104 cm³/mol. The number of fused-ring (bicyclic) bond motifs is 1. The van der Waals surface area contributed by atoms with Crippen molar-refractivity contribution in [2.75, 3.05) is 0 Å². The van der Waals surface area contributed by atoms with Gasteiger partial charge < -0.3 is 10.1 Å². The van der Waals surface area contributed by atoms with Crippen LogP contribution >= 0.6 is 0 Å². The number of nitrogens with one attached hydrogen (secondary N) is 1. The Balaban J connectivity index is 1.53. The molecule has 2 aromatic rings. The van der Waals surface area contributed by atoms with Gasteiger partial charge in [-0.15, -0.1) is 0 Å². The smallest absolute Gasteiger partial charge is 0.150 e. The summed E-state index contributed by atoms with van der Waals surface area (Å²) >= 11 is 0. The molecule has 0 heterocycles. The number of carbonyl (C=O) groups is 1. The van der Waals surface area contributed by atoms with Gasteiger partial charge in [-0.25, -0.2) is 0 Å². The van der Waals surface area contributed by atoms with Gasteiger partial charge in [-0.3, -0.25) is 4.79 Å². The molecule has 2 unspecified atom stereocenters. The zero-order valence-electron chi connectivity index (χ0n) is 15.2. The van der Waals surface area contributed by atoms with Crippen molar-refractivity contribution in [3.05, 3.63) is 65.2 Å². The van der Waals surface area contributed by atoms with Gasteiger partial charge in [-0.2, -0.15) is 0 Å². The minimum Gasteiger partial charge on any atom is -0.484 e. The molecule has 2 aliphatic rings. The Kier molecular flexibility index (Phi) is 5.35. The SMILES string of the molecule is O=Cc1ccc(OC2c3ccccc3CC2NC2CCCCCC2)cc1. The van der Waals surface area contributed by atoms with Crippen LogP contribution in [0, 0.1) is 0 Å². The third-order valence-electron chi connectivity index (χ3n) is 5.75. The first-order chi connectivity index (χ1) is 12.8. The van der Waals surface area contributed by atoms with Crippen LogP contribution in [0.15, 0.2) is 48.5 Å². The summed E-state index contributed by atoms with van der Waals surface area (Å²) in [5.41, 5.74) is 3.35. The van der Waals surface area contributed by atoms with Crippen molar-refractivity contribution < 1.29 is 9.53 Å². The second kappa shape index (κ2) is 8.05. The molecule has 136 valence electrons. The van der Waals surface area contributed by atoms with Crippen LogP contribution in [0.25, 0.3) is 0 Å². The van der Waals surface area contributed by atoms with Crippen LogP contribution in [0.5, 0.6) is 5.75 Å². The number of benzene rings is 2. The van der Waals surface area contributed by atoms with Gasteiger partial charge in [0, 0.05) is 11.6 Å². The van der Waals surface area contributed by atoms with Gasteiger partial charge in [-0.05, 0) is 54.7 Å². The molecule has 0 saturated heterocycles. The molecule has 2 aliphatic carbocycles. The van der Waals surface area contributed by atoms with E-state index in [1.165, 1.54) is 49.7 Å². The van der Waals surface area contributed by atoms with E-state index in [9.17, 15) is 4.79 Å². The van der Waals surface area contributed by atoms with Gasteiger partial charge in [0.2, 0.25) is 0 Å². The second-order valence-corrected chi connectivity index (χ2v) is 7.59. The minimum atomic E-state index is 0.0246. The van der Waals surface area contributed by atoms with Gasteiger partial charge in [0.1, 0.15) is 18.1 Å². The molecule has 26 heavy (non-hydrogen) atoms. The Morgan fingerprint density at radius 3 is 2.38 bits per heavy atom. The molecular formula is C23H27NO2. The highest BCUT2D eigenvalue weighted by molar-refractivity contribution is 5.74. The fourth-order valence-electron chi connectivity index (χ4n) is 4.37. The third-order valence-corrected chi connectivity index (χ3v) is 5.75. The lowest BCUT2D eigenvalue weighted by Crippen LogP contribution is -2.42. The van der Waals surface area contributed by atoms with Crippen molar-refractivity contribution in [2.45, 2.75) is 63.1 Å². The summed E-state index contributed by atoms with van der Waals surface area (Å²) in [6.45, 7) is 0. The van der Waals surface area contributed by atoms with Gasteiger partial charge in [0.25, 0.3) is 0 Å². The second-order valence-electron chi connectivity index (χ2n) is 7.59. The van der Waals surface area contributed by atoms with E-state index in [-0.39, 0.29) is 6.10 Å². The van der Waals surface area contributed by atoms with Gasteiger partial charge in [-0.1, -0.05) is 49.9 Å². The van der Waals surface area contributed by atoms with Crippen molar-refractivity contribution in [3.63, 3.8) is 0 Å². The first kappa shape index (κ1) is 17.3. The maximum Gasteiger partial charge on any atom is 0.150 e. The summed E-state index contributed by atoms with van der Waals surface area (Å²) in [6.07, 6.45) is 9.84. The lowest BCUT2D eigenvalue weighted by Gasteiger charge is -2.27. The highest BCUT2D eigenvalue weighted by atomic mass is 16.5. The molecule has 3 nitrogen and oxygen atoms in total. The van der Waals surface area contributed by atoms with Gasteiger partial charge in [0.05, 0.1) is 6.04 Å². The van der Waals surface area contributed by atoms with E-state index in [1.807, 2.05) is 24.3 Å². The molecule has 0 aromatic heterocycles. The maximum absolute atomic E-state index is 10.9. The Bertz CT molecular complexity index is 732. The first-order valence-corrected chi connectivity index (χ1v) is 9.89. The summed E-state index contributed by atoms with van der Waals surface area (Å²) in [5.74, 6) is 0.824. The molecule has 1 N–H and O–H groups in total. The van der Waals surface area contributed by atoms with Crippen LogP contribution in [0.2, 0.25) is 0 Å². The number of rotatable bonds is 5. The Morgan fingerprint density at radius 1 is 0.923 bits per heavy atom. The van der Waals surface area contributed by atoms with Crippen molar-refractivity contribution >= 4 is 6.29 Å². The highest BCUT2D eigenvalue weighted by Gasteiger charge is 2.35. The summed E-state index contributed by atoms with van der Waals surface area (Å²) in [7, 11) is 0. The van der Waals surface area contributed by atoms with Gasteiger partial charge >= 0.3 is 0 Å². The summed E-state index contributed by atoms with van der Waals surface area (Å²) in [5, 5.41) is 3.92. The zero-order chi connectivity index (χ0) is 17.8. The number of hydrogen-bond acceptors (Lipinski definition) is 3. The molecule has 1 saturated carbocycles. The number of aldehydes is 1. The first-order valence-electron chi connectivity index (χ1n) is 9.89. The average molecular weight is 349 g/mol. The third kappa shape index (κ3) is 3.83. The lowest BCUT2D eigenvalue weighted by atomic mass is 10.1. The molecule has 1 fully saturated rings. The highest BCUT2D eigenvalue weighted by Crippen LogP contribution is 2.36. The standard InChI is InChI=1S/C23H27NO2/c25-16-17-11-13-20(14-12-17)26-23-21-10-6-5-7-18(21)15-22(23)24-19-8-3-1-2-4-9-19/h5-7,10-14,16,19,22-24H,1-4,8-9,15H2. The summed E-state index contributed by atoms with van der Waals surface area (Å²) in [6, 6.07) is 16.9. The van der Waals surface area contributed by atoms with Crippen LogP contribution < -0.4 is 10.1 Å². The Morgan fingerprint density at radius 2 is 1.65 bits per heavy atom. The van der Waals surface area contributed by atoms with Crippen LogP contribution in [0.3, 0.4) is 0 Å². The monoisotopic (exact) mass is 349 g/mol. The van der Waals surface area contributed by atoms with Crippen molar-refractivity contribution in [2.24, 2.45) is 0 Å². The maximum atomic E-state index is 10.9. The Labute approximate surface area is 155 Å². The molecule has 3 heteroatoms. The lowest BCUT2D eigenvalue weighted by molar-refractivity contribution is 0.112. The molecule has 0 radical (unpaired) electrons. The molecule has 4 rings (SSSR count). The van der Waals surface area contributed by atoms with Crippen LogP contribution in [-0.2, 0) is 6.42 Å². The molecule has 0 aliphatic heterocycles. The molecule has 0 spiro atoms.